The normalized spacial score (nSPS) is 16.9. The molecule has 3 amide bonds. The first-order chi connectivity index (χ1) is 29.6. The lowest BCUT2D eigenvalue weighted by molar-refractivity contribution is -0.117. The molecule has 0 aliphatic carbocycles. The minimum Gasteiger partial charge on any atom is -0.493 e. The summed E-state index contributed by atoms with van der Waals surface area (Å²) in [6.07, 6.45) is 4.10. The zero-order chi connectivity index (χ0) is 42.4. The molecule has 4 heterocycles. The first-order valence-electron chi connectivity index (χ1n) is 20.3. The number of hydrogen-bond acceptors (Lipinski definition) is 10. The van der Waals surface area contributed by atoms with Gasteiger partial charge >= 0.3 is 0 Å². The number of benzene rings is 5. The lowest BCUT2D eigenvalue weighted by atomic mass is 10.1. The third-order valence-electron chi connectivity index (χ3n) is 11.7. The molecular formula is C48H45N5O8. The van der Waals surface area contributed by atoms with Crippen LogP contribution in [-0.2, 0) is 35.6 Å². The molecule has 5 aromatic carbocycles. The van der Waals surface area contributed by atoms with E-state index in [2.05, 4.69) is 10.2 Å². The van der Waals surface area contributed by atoms with Gasteiger partial charge in [-0.05, 0) is 78.1 Å². The Balaban J connectivity index is 0.978. The molecule has 0 unspecified atom stereocenters. The van der Waals surface area contributed by atoms with Gasteiger partial charge in [0.15, 0.2) is 23.0 Å². The Morgan fingerprint density at radius 3 is 2.03 bits per heavy atom. The molecule has 0 radical (unpaired) electrons. The van der Waals surface area contributed by atoms with E-state index in [9.17, 15) is 19.2 Å². The molecule has 0 saturated heterocycles. The highest BCUT2D eigenvalue weighted by Gasteiger charge is 2.42. The van der Waals surface area contributed by atoms with Gasteiger partial charge in [0, 0.05) is 68.3 Å². The van der Waals surface area contributed by atoms with Crippen LogP contribution in [0.2, 0.25) is 0 Å². The van der Waals surface area contributed by atoms with Crippen LogP contribution in [-0.4, -0.2) is 69.6 Å². The minimum atomic E-state index is -0.666. The van der Waals surface area contributed by atoms with Crippen molar-refractivity contribution in [2.75, 3.05) is 47.8 Å². The minimum absolute atomic E-state index is 0.112. The average Bonchev–Trinajstić information content (AvgIpc) is 3.78. The average molecular weight is 820 g/mol. The monoisotopic (exact) mass is 819 g/mol. The van der Waals surface area contributed by atoms with Crippen molar-refractivity contribution in [1.29, 1.82) is 0 Å². The maximum Gasteiger partial charge on any atom is 0.261 e. The third-order valence-corrected chi connectivity index (χ3v) is 11.7. The Labute approximate surface area is 353 Å². The summed E-state index contributed by atoms with van der Waals surface area (Å²) >= 11 is 0. The van der Waals surface area contributed by atoms with E-state index in [1.165, 1.54) is 7.11 Å². The van der Waals surface area contributed by atoms with Crippen LogP contribution >= 0.6 is 0 Å². The number of nitrogens with one attached hydrogen (secondary N) is 1. The molecule has 4 aliphatic rings. The Kier molecular flexibility index (Phi) is 10.4. The van der Waals surface area contributed by atoms with Gasteiger partial charge < -0.3 is 34.0 Å². The highest BCUT2D eigenvalue weighted by atomic mass is 16.5. The molecule has 13 heteroatoms. The van der Waals surface area contributed by atoms with Gasteiger partial charge in [0.2, 0.25) is 5.91 Å². The fourth-order valence-corrected chi connectivity index (χ4v) is 8.64. The van der Waals surface area contributed by atoms with Crippen LogP contribution in [0.1, 0.15) is 62.7 Å². The lowest BCUT2D eigenvalue weighted by Gasteiger charge is -2.22. The summed E-state index contributed by atoms with van der Waals surface area (Å²) in [7, 11) is 5.02. The van der Waals surface area contributed by atoms with Crippen molar-refractivity contribution in [3.05, 3.63) is 124 Å². The second kappa shape index (κ2) is 16.1. The van der Waals surface area contributed by atoms with Crippen molar-refractivity contribution in [3.8, 4) is 23.0 Å². The molecule has 2 atom stereocenters. The van der Waals surface area contributed by atoms with Gasteiger partial charge in [-0.15, -0.1) is 0 Å². The molecule has 310 valence electrons. The number of ketones is 1. The lowest BCUT2D eigenvalue weighted by Crippen LogP contribution is -2.42. The molecule has 0 saturated carbocycles. The Morgan fingerprint density at radius 2 is 1.36 bits per heavy atom. The molecule has 0 fully saturated rings. The second-order valence-corrected chi connectivity index (χ2v) is 15.7. The van der Waals surface area contributed by atoms with Gasteiger partial charge in [0.25, 0.3) is 11.8 Å². The van der Waals surface area contributed by atoms with E-state index in [-0.39, 0.29) is 42.8 Å². The number of rotatable bonds is 13. The Bertz CT molecular complexity index is 2640. The molecule has 0 aromatic heterocycles. The maximum absolute atomic E-state index is 14.0. The predicted octanol–water partition coefficient (Wildman–Crippen LogP) is 7.48. The van der Waals surface area contributed by atoms with E-state index in [1.807, 2.05) is 80.0 Å². The summed E-state index contributed by atoms with van der Waals surface area (Å²) in [6, 6.07) is 27.3. The standard InChI is InChI=1S/C48H45N5O8/c1-28(54)10-9-15-51(2)33-17-29(26-60-44-23-37-35(21-42(44)58-3)47(56)52-34(25-49-37)19-31-11-5-7-13-39(31)52)16-30(18-33)27-61-45-24-38-36(22-43(45)59-4)48(57)53-40-14-8-6-12-32(40)20-41(53)46(55)50-38/h5-8,11-14,16-18,21-25,34,41H,9-10,15,19-20,26-27H2,1-4H3,(H,50,55)/t34-,41-/m0/s1. The van der Waals surface area contributed by atoms with Crippen LogP contribution in [0, 0.1) is 0 Å². The van der Waals surface area contributed by atoms with Crippen LogP contribution in [0.4, 0.5) is 28.4 Å². The molecule has 61 heavy (non-hydrogen) atoms. The number of Topliss-reactive ketones (excluding diaryl/α,β-unsaturated/α-hetero) is 1. The van der Waals surface area contributed by atoms with Gasteiger partial charge in [-0.25, -0.2) is 0 Å². The largest absolute Gasteiger partial charge is 0.493 e. The van der Waals surface area contributed by atoms with Crippen molar-refractivity contribution in [1.82, 2.24) is 0 Å². The molecule has 0 bridgehead atoms. The number of ether oxygens (including phenoxy) is 4. The second-order valence-electron chi connectivity index (χ2n) is 15.7. The summed E-state index contributed by atoms with van der Waals surface area (Å²) in [5, 5.41) is 2.97. The Hall–Kier alpha value is -7.15. The number of anilines is 4. The van der Waals surface area contributed by atoms with E-state index in [0.29, 0.717) is 77.7 Å². The van der Waals surface area contributed by atoms with Gasteiger partial charge in [-0.1, -0.05) is 36.4 Å². The fourth-order valence-electron chi connectivity index (χ4n) is 8.64. The molecular weight excluding hydrogens is 775 g/mol. The number of amides is 3. The summed E-state index contributed by atoms with van der Waals surface area (Å²) in [4.78, 5) is 63.4. The zero-order valence-electron chi connectivity index (χ0n) is 34.4. The van der Waals surface area contributed by atoms with E-state index >= 15 is 0 Å². The van der Waals surface area contributed by atoms with E-state index in [1.54, 1.807) is 48.1 Å². The van der Waals surface area contributed by atoms with Gasteiger partial charge in [-0.3, -0.25) is 29.2 Å². The molecule has 5 aromatic rings. The smallest absolute Gasteiger partial charge is 0.261 e. The van der Waals surface area contributed by atoms with Crippen LogP contribution in [0.3, 0.4) is 0 Å². The third kappa shape index (κ3) is 7.40. The highest BCUT2D eigenvalue weighted by molar-refractivity contribution is 6.20. The molecule has 0 spiro atoms. The van der Waals surface area contributed by atoms with Crippen LogP contribution in [0.15, 0.2) is 96.0 Å². The number of carbonyl (C=O) groups is 4. The number of hydrogen-bond donors (Lipinski definition) is 1. The van der Waals surface area contributed by atoms with Crippen molar-refractivity contribution in [2.24, 2.45) is 4.99 Å². The van der Waals surface area contributed by atoms with E-state index in [0.717, 1.165) is 39.3 Å². The highest BCUT2D eigenvalue weighted by Crippen LogP contribution is 2.43. The van der Waals surface area contributed by atoms with Crippen LogP contribution in [0.5, 0.6) is 23.0 Å². The zero-order valence-corrected chi connectivity index (χ0v) is 34.4. The van der Waals surface area contributed by atoms with Crippen LogP contribution in [0.25, 0.3) is 0 Å². The summed E-state index contributed by atoms with van der Waals surface area (Å²) in [5.41, 5.74) is 7.76. The number of fused-ring (bicyclic) bond motifs is 8. The van der Waals surface area contributed by atoms with Crippen molar-refractivity contribution >= 4 is 58.2 Å². The molecule has 4 aliphatic heterocycles. The van der Waals surface area contributed by atoms with Crippen molar-refractivity contribution < 1.29 is 38.1 Å². The number of aliphatic imine (C=N–C) groups is 1. The predicted molar refractivity (Wildman–Crippen MR) is 233 cm³/mol. The van der Waals surface area contributed by atoms with E-state index < -0.39 is 6.04 Å². The number of methoxy groups -OCH3 is 2. The number of para-hydroxylation sites is 2. The van der Waals surface area contributed by atoms with Crippen LogP contribution < -0.4 is 39.0 Å². The topological polar surface area (TPSA) is 139 Å². The van der Waals surface area contributed by atoms with Gasteiger partial charge in [-0.2, -0.15) is 0 Å². The van der Waals surface area contributed by atoms with E-state index in [4.69, 9.17) is 23.9 Å². The SMILES string of the molecule is COc1cc2c(cc1OCc1cc(COc3cc4c(cc3OC)C(=O)N3c5ccccc5C[C@H]3C(=O)N4)cc(N(C)CCCC(C)=O)c1)N=C[C@@H]1Cc3ccccc3N1C2=O. The quantitative estimate of drug-likeness (QED) is 0.128. The summed E-state index contributed by atoms with van der Waals surface area (Å²) in [5.74, 6) is 0.936. The fraction of sp³-hybridized carbons (Fsp3) is 0.271. The van der Waals surface area contributed by atoms with Crippen molar-refractivity contribution in [3.63, 3.8) is 0 Å². The molecule has 1 N–H and O–H groups in total. The summed E-state index contributed by atoms with van der Waals surface area (Å²) in [6.45, 7) is 2.50. The summed E-state index contributed by atoms with van der Waals surface area (Å²) < 4.78 is 24.3. The molecule has 9 rings (SSSR count). The number of carbonyl (C=O) groups excluding carboxylic acids is 4. The van der Waals surface area contributed by atoms with Crippen molar-refractivity contribution in [2.45, 2.75) is 57.9 Å². The maximum atomic E-state index is 14.0. The molecule has 13 nitrogen and oxygen atoms in total. The Morgan fingerprint density at radius 1 is 0.754 bits per heavy atom. The van der Waals surface area contributed by atoms with Gasteiger partial charge in [0.1, 0.15) is 25.0 Å². The number of nitrogens with zero attached hydrogens (tertiary/aromatic N) is 4. The first-order valence-corrected chi connectivity index (χ1v) is 20.3. The van der Waals surface area contributed by atoms with Gasteiger partial charge in [0.05, 0.1) is 42.8 Å². The first kappa shape index (κ1) is 39.3.